The predicted octanol–water partition coefficient (Wildman–Crippen LogP) is 1.64. The number of carbonyl (C=O) groups is 1. The first kappa shape index (κ1) is 8.71. The lowest BCUT2D eigenvalue weighted by molar-refractivity contribution is -0.136. The minimum Gasteiger partial charge on any atom is -0.481 e. The molecule has 12 heavy (non-hydrogen) atoms. The number of rotatable bonds is 3. The van der Waals surface area contributed by atoms with Crippen molar-refractivity contribution in [3.63, 3.8) is 0 Å². The fraction of sp³-hybridized carbons (Fsp3) is 0.222. The van der Waals surface area contributed by atoms with Gasteiger partial charge in [-0.3, -0.25) is 4.79 Å². The van der Waals surface area contributed by atoms with E-state index in [0.717, 1.165) is 0 Å². The number of carboxylic acid groups (broad SMARTS) is 1. The van der Waals surface area contributed by atoms with Crippen molar-refractivity contribution in [3.8, 4) is 0 Å². The Hall–Kier alpha value is -1.38. The van der Waals surface area contributed by atoms with Gasteiger partial charge in [0.25, 0.3) is 0 Å². The molecule has 0 aliphatic heterocycles. The first-order valence-corrected chi connectivity index (χ1v) is 3.56. The first-order chi connectivity index (χ1) is 5.70. The lowest BCUT2D eigenvalue weighted by atomic mass is 10.1. The molecule has 0 saturated carbocycles. The molecule has 0 fully saturated rings. The van der Waals surface area contributed by atoms with Crippen molar-refractivity contribution in [1.82, 2.24) is 0 Å². The molecule has 1 N–H and O–H groups in total. The monoisotopic (exact) mass is 167 g/mol. The summed E-state index contributed by atoms with van der Waals surface area (Å²) < 4.78 is 12.8. The summed E-state index contributed by atoms with van der Waals surface area (Å²) in [5.74, 6) is -1.30. The Morgan fingerprint density at radius 1 is 1.67 bits per heavy atom. The summed E-state index contributed by atoms with van der Waals surface area (Å²) in [4.78, 5) is 10.2. The number of halogens is 1. The quantitative estimate of drug-likeness (QED) is 0.743. The zero-order chi connectivity index (χ0) is 8.97. The molecule has 0 saturated heterocycles. The molecule has 3 heteroatoms. The lowest BCUT2D eigenvalue weighted by Crippen LogP contribution is -1.98. The van der Waals surface area contributed by atoms with E-state index in [-0.39, 0.29) is 12.8 Å². The Balaban J connectivity index is 2.63. The van der Waals surface area contributed by atoms with Crippen LogP contribution < -0.4 is 0 Å². The van der Waals surface area contributed by atoms with Crippen molar-refractivity contribution in [1.29, 1.82) is 0 Å². The van der Waals surface area contributed by atoms with Gasteiger partial charge < -0.3 is 5.11 Å². The minimum atomic E-state index is -0.915. The average Bonchev–Trinajstić information content (AvgIpc) is 2.03. The van der Waals surface area contributed by atoms with Crippen LogP contribution in [0.4, 0.5) is 4.39 Å². The summed E-state index contributed by atoms with van der Waals surface area (Å²) in [5.41, 5.74) is 0.427. The number of aryl methyl sites for hydroxylation is 1. The van der Waals surface area contributed by atoms with Gasteiger partial charge in [0.2, 0.25) is 0 Å². The summed E-state index contributed by atoms with van der Waals surface area (Å²) in [5, 5.41) is 8.34. The Kier molecular flexibility index (Phi) is 2.80. The van der Waals surface area contributed by atoms with E-state index in [4.69, 9.17) is 5.11 Å². The van der Waals surface area contributed by atoms with E-state index in [0.29, 0.717) is 5.56 Å². The summed E-state index contributed by atoms with van der Waals surface area (Å²) in [6.07, 6.45) is 0.191. The highest BCUT2D eigenvalue weighted by Gasteiger charge is 2.02. The van der Waals surface area contributed by atoms with Crippen LogP contribution in [0.3, 0.4) is 0 Å². The average molecular weight is 167 g/mol. The third-order valence-electron chi connectivity index (χ3n) is 1.51. The third kappa shape index (κ3) is 2.34. The van der Waals surface area contributed by atoms with E-state index in [1.54, 1.807) is 6.07 Å². The normalized spacial score (nSPS) is 9.75. The first-order valence-electron chi connectivity index (χ1n) is 3.56. The second-order valence-corrected chi connectivity index (χ2v) is 2.41. The number of carboxylic acids is 1. The van der Waals surface area contributed by atoms with Gasteiger partial charge in [0.05, 0.1) is 0 Å². The summed E-state index contributed by atoms with van der Waals surface area (Å²) in [6, 6.07) is 6.88. The molecule has 0 bridgehead atoms. The van der Waals surface area contributed by atoms with Gasteiger partial charge in [-0.2, -0.15) is 0 Å². The van der Waals surface area contributed by atoms with Crippen LogP contribution >= 0.6 is 0 Å². The molecular weight excluding hydrogens is 159 g/mol. The van der Waals surface area contributed by atoms with Crippen molar-refractivity contribution < 1.29 is 14.3 Å². The zero-order valence-electron chi connectivity index (χ0n) is 6.38. The molecule has 1 aromatic carbocycles. The molecule has 0 heterocycles. The largest absolute Gasteiger partial charge is 0.481 e. The second-order valence-electron chi connectivity index (χ2n) is 2.41. The standard InChI is InChI=1S/C9H8FO2/c10-8-4-2-1-3-7(8)5-6-9(11)12/h1,3-4H,5-6H2,(H,11,12). The van der Waals surface area contributed by atoms with Crippen LogP contribution in [-0.4, -0.2) is 11.1 Å². The number of hydrogen-bond acceptors (Lipinski definition) is 1. The van der Waals surface area contributed by atoms with Crippen LogP contribution in [0.15, 0.2) is 18.2 Å². The molecule has 0 aliphatic rings. The molecule has 0 spiro atoms. The predicted molar refractivity (Wildman–Crippen MR) is 41.2 cm³/mol. The Labute approximate surface area is 69.6 Å². The molecule has 63 valence electrons. The smallest absolute Gasteiger partial charge is 0.303 e. The maximum Gasteiger partial charge on any atom is 0.303 e. The van der Waals surface area contributed by atoms with Gasteiger partial charge >= 0.3 is 5.97 Å². The summed E-state index contributed by atoms with van der Waals surface area (Å²) in [7, 11) is 0. The molecule has 2 nitrogen and oxygen atoms in total. The number of benzene rings is 1. The molecule has 0 amide bonds. The van der Waals surface area contributed by atoms with Crippen molar-refractivity contribution in [2.75, 3.05) is 0 Å². The van der Waals surface area contributed by atoms with Gasteiger partial charge in [0, 0.05) is 6.42 Å². The van der Waals surface area contributed by atoms with Gasteiger partial charge in [-0.1, -0.05) is 12.1 Å². The molecular formula is C9H8FO2. The number of aliphatic carboxylic acids is 1. The van der Waals surface area contributed by atoms with Crippen LogP contribution in [0.5, 0.6) is 0 Å². The lowest BCUT2D eigenvalue weighted by Gasteiger charge is -1.98. The fourth-order valence-corrected chi connectivity index (χ4v) is 0.887. The van der Waals surface area contributed by atoms with Crippen LogP contribution in [0.25, 0.3) is 0 Å². The molecule has 0 unspecified atom stereocenters. The maximum absolute atomic E-state index is 12.8. The molecule has 1 aromatic rings. The topological polar surface area (TPSA) is 37.3 Å². The van der Waals surface area contributed by atoms with E-state index in [2.05, 4.69) is 6.07 Å². The SMILES string of the molecule is O=C(O)CCc1cc[c]cc1F. The van der Waals surface area contributed by atoms with E-state index < -0.39 is 11.8 Å². The Morgan fingerprint density at radius 3 is 3.00 bits per heavy atom. The van der Waals surface area contributed by atoms with Crippen molar-refractivity contribution in [3.05, 3.63) is 35.6 Å². The van der Waals surface area contributed by atoms with Gasteiger partial charge in [-0.05, 0) is 24.1 Å². The highest BCUT2D eigenvalue weighted by atomic mass is 19.1. The highest BCUT2D eigenvalue weighted by molar-refractivity contribution is 5.67. The fourth-order valence-electron chi connectivity index (χ4n) is 0.887. The van der Waals surface area contributed by atoms with E-state index in [1.807, 2.05) is 0 Å². The molecule has 1 radical (unpaired) electrons. The molecule has 1 rings (SSSR count). The second kappa shape index (κ2) is 3.85. The van der Waals surface area contributed by atoms with Crippen LogP contribution in [0, 0.1) is 11.9 Å². The van der Waals surface area contributed by atoms with Gasteiger partial charge in [0.15, 0.2) is 0 Å². The Morgan fingerprint density at radius 2 is 2.42 bits per heavy atom. The highest BCUT2D eigenvalue weighted by Crippen LogP contribution is 2.07. The van der Waals surface area contributed by atoms with Gasteiger partial charge in [-0.25, -0.2) is 4.39 Å². The van der Waals surface area contributed by atoms with Gasteiger partial charge in [0.1, 0.15) is 5.82 Å². The van der Waals surface area contributed by atoms with E-state index in [9.17, 15) is 9.18 Å². The van der Waals surface area contributed by atoms with Crippen LogP contribution in [0.2, 0.25) is 0 Å². The molecule has 0 aliphatic carbocycles. The van der Waals surface area contributed by atoms with Crippen LogP contribution in [-0.2, 0) is 11.2 Å². The summed E-state index contributed by atoms with van der Waals surface area (Å²) in [6.45, 7) is 0. The van der Waals surface area contributed by atoms with Crippen molar-refractivity contribution >= 4 is 5.97 Å². The minimum absolute atomic E-state index is 0.0407. The Bertz CT molecular complexity index is 284. The summed E-state index contributed by atoms with van der Waals surface area (Å²) >= 11 is 0. The molecule has 0 aromatic heterocycles. The van der Waals surface area contributed by atoms with Crippen molar-refractivity contribution in [2.24, 2.45) is 0 Å². The van der Waals surface area contributed by atoms with E-state index in [1.165, 1.54) is 12.1 Å². The third-order valence-corrected chi connectivity index (χ3v) is 1.51. The maximum atomic E-state index is 12.8. The zero-order valence-corrected chi connectivity index (χ0v) is 6.38. The number of hydrogen-bond donors (Lipinski definition) is 1. The molecule has 0 atom stereocenters. The van der Waals surface area contributed by atoms with Crippen LogP contribution in [0.1, 0.15) is 12.0 Å². The van der Waals surface area contributed by atoms with Crippen molar-refractivity contribution in [2.45, 2.75) is 12.8 Å². The van der Waals surface area contributed by atoms with E-state index >= 15 is 0 Å². The van der Waals surface area contributed by atoms with Gasteiger partial charge in [-0.15, -0.1) is 0 Å².